The first-order valence-electron chi connectivity index (χ1n) is 10.0. The third kappa shape index (κ3) is 6.93. The van der Waals surface area contributed by atoms with Crippen LogP contribution in [0, 0.1) is 5.82 Å². The van der Waals surface area contributed by atoms with Crippen LogP contribution in [0.2, 0.25) is 0 Å². The van der Waals surface area contributed by atoms with Gasteiger partial charge < -0.3 is 15.4 Å². The molecule has 0 bridgehead atoms. The molecule has 1 heterocycles. The predicted octanol–water partition coefficient (Wildman–Crippen LogP) is 3.54. The van der Waals surface area contributed by atoms with Crippen molar-refractivity contribution in [3.63, 3.8) is 0 Å². The number of hydrogen-bond acceptors (Lipinski definition) is 3. The van der Waals surface area contributed by atoms with Gasteiger partial charge in [-0.25, -0.2) is 4.39 Å². The Morgan fingerprint density at radius 1 is 1.03 bits per heavy atom. The Labute approximate surface area is 179 Å². The van der Waals surface area contributed by atoms with Crippen LogP contribution in [-0.4, -0.2) is 44.2 Å². The second-order valence-corrected chi connectivity index (χ2v) is 7.29. The Kier molecular flexibility index (Phi) is 7.86. The van der Waals surface area contributed by atoms with Crippen LogP contribution in [0.4, 0.5) is 17.6 Å². The van der Waals surface area contributed by atoms with Gasteiger partial charge in [-0.05, 0) is 28.8 Å². The third-order valence-electron chi connectivity index (χ3n) is 5.01. The number of nitrogens with zero attached hydrogens (tertiary/aromatic N) is 2. The van der Waals surface area contributed by atoms with Crippen LogP contribution < -0.4 is 10.6 Å². The molecule has 31 heavy (non-hydrogen) atoms. The quantitative estimate of drug-likeness (QED) is 0.412. The minimum absolute atomic E-state index is 0.0515. The van der Waals surface area contributed by atoms with Gasteiger partial charge in [0.15, 0.2) is 5.96 Å². The van der Waals surface area contributed by atoms with Gasteiger partial charge in [-0.3, -0.25) is 9.89 Å². The molecule has 1 fully saturated rings. The molecule has 1 aliphatic rings. The number of alkyl halides is 3. The summed E-state index contributed by atoms with van der Waals surface area (Å²) in [5.74, 6) is -0.563. The van der Waals surface area contributed by atoms with E-state index in [9.17, 15) is 17.6 Å². The molecule has 0 aromatic heterocycles. The van der Waals surface area contributed by atoms with Gasteiger partial charge in [0.25, 0.3) is 0 Å². The third-order valence-corrected chi connectivity index (χ3v) is 5.01. The SMILES string of the molecule is CN=C(NCc1cccc(CN2CCOCC2)c1)NCc1ccc(F)cc1C(F)(F)F. The number of hydrogen-bond donors (Lipinski definition) is 2. The highest BCUT2D eigenvalue weighted by atomic mass is 19.4. The zero-order chi connectivity index (χ0) is 22.3. The van der Waals surface area contributed by atoms with Gasteiger partial charge in [-0.2, -0.15) is 13.2 Å². The molecule has 3 rings (SSSR count). The van der Waals surface area contributed by atoms with Gasteiger partial charge in [0.1, 0.15) is 5.82 Å². The van der Waals surface area contributed by atoms with Crippen LogP contribution in [0.25, 0.3) is 0 Å². The van der Waals surface area contributed by atoms with Crippen LogP contribution in [0.1, 0.15) is 22.3 Å². The van der Waals surface area contributed by atoms with E-state index >= 15 is 0 Å². The highest BCUT2D eigenvalue weighted by molar-refractivity contribution is 5.79. The first-order chi connectivity index (χ1) is 14.8. The Balaban J connectivity index is 1.56. The highest BCUT2D eigenvalue weighted by Crippen LogP contribution is 2.32. The highest BCUT2D eigenvalue weighted by Gasteiger charge is 2.33. The van der Waals surface area contributed by atoms with E-state index in [1.165, 1.54) is 5.56 Å². The second kappa shape index (κ2) is 10.6. The Morgan fingerprint density at radius 2 is 1.74 bits per heavy atom. The molecule has 9 heteroatoms. The van der Waals surface area contributed by atoms with Crippen molar-refractivity contribution in [3.05, 3.63) is 70.5 Å². The lowest BCUT2D eigenvalue weighted by atomic mass is 10.1. The number of morpholine rings is 1. The smallest absolute Gasteiger partial charge is 0.379 e. The summed E-state index contributed by atoms with van der Waals surface area (Å²) in [5.41, 5.74) is 1.17. The molecule has 0 radical (unpaired) electrons. The van der Waals surface area contributed by atoms with Crippen LogP contribution in [-0.2, 0) is 30.5 Å². The average Bonchev–Trinajstić information content (AvgIpc) is 2.75. The lowest BCUT2D eigenvalue weighted by Crippen LogP contribution is -2.37. The van der Waals surface area contributed by atoms with E-state index in [1.807, 2.05) is 12.1 Å². The minimum Gasteiger partial charge on any atom is -0.379 e. The number of benzene rings is 2. The lowest BCUT2D eigenvalue weighted by Gasteiger charge is -2.26. The van der Waals surface area contributed by atoms with E-state index in [-0.39, 0.29) is 12.1 Å². The predicted molar refractivity (Wildman–Crippen MR) is 111 cm³/mol. The molecule has 5 nitrogen and oxygen atoms in total. The van der Waals surface area contributed by atoms with E-state index in [4.69, 9.17) is 4.74 Å². The standard InChI is InChI=1S/C22H26F4N4O/c1-27-21(29-14-18-5-6-19(23)12-20(18)22(24,25)26)28-13-16-3-2-4-17(11-16)15-30-7-9-31-10-8-30/h2-6,11-12H,7-10,13-15H2,1H3,(H2,27,28,29). The van der Waals surface area contributed by atoms with Crippen molar-refractivity contribution in [2.45, 2.75) is 25.8 Å². The molecule has 0 spiro atoms. The first kappa shape index (κ1) is 23.0. The molecule has 2 N–H and O–H groups in total. The largest absolute Gasteiger partial charge is 0.416 e. The van der Waals surface area contributed by atoms with Gasteiger partial charge in [0.2, 0.25) is 0 Å². The van der Waals surface area contributed by atoms with Crippen molar-refractivity contribution in [2.75, 3.05) is 33.4 Å². The number of rotatable bonds is 6. The molecule has 168 valence electrons. The topological polar surface area (TPSA) is 48.9 Å². The maximum atomic E-state index is 13.3. The molecule has 0 saturated carbocycles. The fourth-order valence-electron chi connectivity index (χ4n) is 3.41. The molecule has 2 aromatic rings. The summed E-state index contributed by atoms with van der Waals surface area (Å²) < 4.78 is 58.1. The van der Waals surface area contributed by atoms with E-state index in [0.717, 1.165) is 50.5 Å². The van der Waals surface area contributed by atoms with Crippen molar-refractivity contribution in [1.29, 1.82) is 0 Å². The Hall–Kier alpha value is -2.65. The van der Waals surface area contributed by atoms with Gasteiger partial charge in [-0.15, -0.1) is 0 Å². The average molecular weight is 438 g/mol. The summed E-state index contributed by atoms with van der Waals surface area (Å²) in [5, 5.41) is 5.97. The summed E-state index contributed by atoms with van der Waals surface area (Å²) in [6, 6.07) is 10.8. The number of aliphatic imine (C=N–C) groups is 1. The summed E-state index contributed by atoms with van der Waals surface area (Å²) >= 11 is 0. The first-order valence-corrected chi connectivity index (χ1v) is 10.0. The molecule has 1 aliphatic heterocycles. The van der Waals surface area contributed by atoms with Crippen LogP contribution in [0.5, 0.6) is 0 Å². The number of nitrogens with one attached hydrogen (secondary N) is 2. The van der Waals surface area contributed by atoms with Crippen LogP contribution in [0.3, 0.4) is 0 Å². The summed E-state index contributed by atoms with van der Waals surface area (Å²) in [6.07, 6.45) is -4.63. The normalized spacial score (nSPS) is 15.7. The fourth-order valence-corrected chi connectivity index (χ4v) is 3.41. The van der Waals surface area contributed by atoms with Crippen molar-refractivity contribution >= 4 is 5.96 Å². The fraction of sp³-hybridized carbons (Fsp3) is 0.409. The van der Waals surface area contributed by atoms with Gasteiger partial charge in [0.05, 0.1) is 18.8 Å². The van der Waals surface area contributed by atoms with Crippen LogP contribution >= 0.6 is 0 Å². The van der Waals surface area contributed by atoms with Crippen molar-refractivity contribution < 1.29 is 22.3 Å². The number of guanidine groups is 1. The van der Waals surface area contributed by atoms with Crippen molar-refractivity contribution in [1.82, 2.24) is 15.5 Å². The second-order valence-electron chi connectivity index (χ2n) is 7.29. The molecule has 0 amide bonds. The van der Waals surface area contributed by atoms with Crippen molar-refractivity contribution in [2.24, 2.45) is 4.99 Å². The maximum absolute atomic E-state index is 13.3. The molecule has 1 saturated heterocycles. The Morgan fingerprint density at radius 3 is 2.45 bits per heavy atom. The zero-order valence-corrected chi connectivity index (χ0v) is 17.3. The Bertz CT molecular complexity index is 895. The van der Waals surface area contributed by atoms with Crippen molar-refractivity contribution in [3.8, 4) is 0 Å². The number of ether oxygens (including phenoxy) is 1. The van der Waals surface area contributed by atoms with E-state index in [0.29, 0.717) is 18.6 Å². The van der Waals surface area contributed by atoms with E-state index in [1.54, 1.807) is 7.05 Å². The maximum Gasteiger partial charge on any atom is 0.416 e. The monoisotopic (exact) mass is 438 g/mol. The van der Waals surface area contributed by atoms with Crippen LogP contribution in [0.15, 0.2) is 47.5 Å². The van der Waals surface area contributed by atoms with Gasteiger partial charge in [-0.1, -0.05) is 30.3 Å². The zero-order valence-electron chi connectivity index (χ0n) is 17.3. The summed E-state index contributed by atoms with van der Waals surface area (Å²) in [6.45, 7) is 4.47. The number of halogens is 4. The molecular weight excluding hydrogens is 412 g/mol. The van der Waals surface area contributed by atoms with E-state index in [2.05, 4.69) is 32.7 Å². The lowest BCUT2D eigenvalue weighted by molar-refractivity contribution is -0.138. The molecule has 0 aliphatic carbocycles. The summed E-state index contributed by atoms with van der Waals surface area (Å²) in [4.78, 5) is 6.39. The molecular formula is C22H26F4N4O. The summed E-state index contributed by atoms with van der Waals surface area (Å²) in [7, 11) is 1.54. The van der Waals surface area contributed by atoms with E-state index < -0.39 is 17.6 Å². The molecule has 0 atom stereocenters. The molecule has 0 unspecified atom stereocenters. The minimum atomic E-state index is -4.63. The van der Waals surface area contributed by atoms with Gasteiger partial charge in [0, 0.05) is 39.8 Å². The molecule has 2 aromatic carbocycles. The van der Waals surface area contributed by atoms with Gasteiger partial charge >= 0.3 is 6.18 Å².